The molecule has 154 valence electrons. The molecule has 0 atom stereocenters. The average Bonchev–Trinajstić information content (AvgIpc) is 3.13. The quantitative estimate of drug-likeness (QED) is 0.666. The van der Waals surface area contributed by atoms with E-state index in [4.69, 9.17) is 0 Å². The van der Waals surface area contributed by atoms with E-state index >= 15 is 0 Å². The first-order valence-electron chi connectivity index (χ1n) is 9.45. The number of hydrogen-bond donors (Lipinski definition) is 1. The van der Waals surface area contributed by atoms with Gasteiger partial charge >= 0.3 is 11.1 Å². The summed E-state index contributed by atoms with van der Waals surface area (Å²) in [7, 11) is 0. The fraction of sp³-hybridized carbons (Fsp3) is 0.238. The summed E-state index contributed by atoms with van der Waals surface area (Å²) in [6, 6.07) is 11.4. The van der Waals surface area contributed by atoms with Gasteiger partial charge in [-0.25, -0.2) is 9.07 Å². The van der Waals surface area contributed by atoms with Gasteiger partial charge in [0.15, 0.2) is 0 Å². The molecule has 9 heteroatoms. The Bertz CT molecular complexity index is 1250. The van der Waals surface area contributed by atoms with Crippen molar-refractivity contribution < 1.29 is 9.18 Å². The number of halogens is 1. The Morgan fingerprint density at radius 3 is 2.53 bits per heavy atom. The van der Waals surface area contributed by atoms with Crippen molar-refractivity contribution in [1.82, 2.24) is 14.3 Å². The summed E-state index contributed by atoms with van der Waals surface area (Å²) in [6.45, 7) is 4.07. The molecule has 0 saturated heterocycles. The SMILES string of the molecule is Cc1ccc(C)c(NC(=O)Cn2nc3n(c(=O)c2=O)CCN3c2ccc(F)cc2)c1. The molecule has 3 aromatic rings. The maximum Gasteiger partial charge on any atom is 0.333 e. The predicted molar refractivity (Wildman–Crippen MR) is 111 cm³/mol. The first-order valence-corrected chi connectivity index (χ1v) is 9.45. The Kier molecular flexibility index (Phi) is 4.94. The monoisotopic (exact) mass is 409 g/mol. The van der Waals surface area contributed by atoms with Gasteiger partial charge < -0.3 is 10.2 Å². The molecular weight excluding hydrogens is 389 g/mol. The molecule has 0 bridgehead atoms. The van der Waals surface area contributed by atoms with Crippen molar-refractivity contribution in [3.63, 3.8) is 0 Å². The van der Waals surface area contributed by atoms with Gasteiger partial charge in [-0.3, -0.25) is 19.0 Å². The zero-order valence-corrected chi connectivity index (χ0v) is 16.6. The second kappa shape index (κ2) is 7.58. The highest BCUT2D eigenvalue weighted by molar-refractivity contribution is 5.91. The van der Waals surface area contributed by atoms with Gasteiger partial charge in [0.1, 0.15) is 12.4 Å². The van der Waals surface area contributed by atoms with E-state index in [1.165, 1.54) is 16.7 Å². The molecule has 2 heterocycles. The second-order valence-corrected chi connectivity index (χ2v) is 7.21. The van der Waals surface area contributed by atoms with Crippen LogP contribution in [0.5, 0.6) is 0 Å². The van der Waals surface area contributed by atoms with E-state index in [1.807, 2.05) is 32.0 Å². The fourth-order valence-electron chi connectivity index (χ4n) is 3.39. The summed E-state index contributed by atoms with van der Waals surface area (Å²) in [6.07, 6.45) is 0. The smallest absolute Gasteiger partial charge is 0.324 e. The summed E-state index contributed by atoms with van der Waals surface area (Å²) < 4.78 is 15.4. The van der Waals surface area contributed by atoms with Crippen LogP contribution >= 0.6 is 0 Å². The minimum atomic E-state index is -0.865. The lowest BCUT2D eigenvalue weighted by Gasteiger charge is -2.18. The van der Waals surface area contributed by atoms with E-state index in [1.54, 1.807) is 17.0 Å². The van der Waals surface area contributed by atoms with E-state index in [2.05, 4.69) is 10.4 Å². The Hall–Kier alpha value is -3.75. The molecule has 0 spiro atoms. The number of amides is 1. The van der Waals surface area contributed by atoms with Crippen LogP contribution < -0.4 is 21.3 Å². The Balaban J connectivity index is 1.64. The van der Waals surface area contributed by atoms with Gasteiger partial charge in [0.25, 0.3) is 0 Å². The van der Waals surface area contributed by atoms with Crippen LogP contribution in [0.3, 0.4) is 0 Å². The van der Waals surface area contributed by atoms with Crippen molar-refractivity contribution in [2.45, 2.75) is 26.9 Å². The summed E-state index contributed by atoms with van der Waals surface area (Å²) in [5.74, 6) is -0.601. The van der Waals surface area contributed by atoms with E-state index in [0.717, 1.165) is 15.8 Å². The number of hydrogen-bond acceptors (Lipinski definition) is 5. The van der Waals surface area contributed by atoms with Gasteiger partial charge in [0.2, 0.25) is 11.9 Å². The van der Waals surface area contributed by atoms with Crippen molar-refractivity contribution in [1.29, 1.82) is 0 Å². The molecule has 1 amide bonds. The molecule has 2 aromatic carbocycles. The predicted octanol–water partition coefficient (Wildman–Crippen LogP) is 1.95. The van der Waals surface area contributed by atoms with Crippen molar-refractivity contribution >= 4 is 23.2 Å². The largest absolute Gasteiger partial charge is 0.333 e. The number of fused-ring (bicyclic) bond motifs is 1. The number of nitrogens with zero attached hydrogens (tertiary/aromatic N) is 4. The average molecular weight is 409 g/mol. The number of aryl methyl sites for hydroxylation is 2. The first-order chi connectivity index (χ1) is 14.3. The Morgan fingerprint density at radius 1 is 1.07 bits per heavy atom. The highest BCUT2D eigenvalue weighted by Crippen LogP contribution is 2.26. The number of rotatable bonds is 4. The van der Waals surface area contributed by atoms with Crippen molar-refractivity contribution in [3.8, 4) is 0 Å². The van der Waals surface area contributed by atoms with Crippen molar-refractivity contribution in [2.75, 3.05) is 16.8 Å². The lowest BCUT2D eigenvalue weighted by molar-refractivity contribution is -0.117. The van der Waals surface area contributed by atoms with E-state index in [-0.39, 0.29) is 18.3 Å². The van der Waals surface area contributed by atoms with Crippen LogP contribution in [0.25, 0.3) is 0 Å². The molecular formula is C21H20FN5O3. The minimum absolute atomic E-state index is 0.241. The summed E-state index contributed by atoms with van der Waals surface area (Å²) in [5.41, 5.74) is 1.53. The lowest BCUT2D eigenvalue weighted by atomic mass is 10.1. The lowest BCUT2D eigenvalue weighted by Crippen LogP contribution is -2.44. The van der Waals surface area contributed by atoms with Crippen LogP contribution in [0.1, 0.15) is 11.1 Å². The molecule has 8 nitrogen and oxygen atoms in total. The number of aromatic nitrogens is 3. The number of benzene rings is 2. The van der Waals surface area contributed by atoms with Gasteiger partial charge in [0, 0.05) is 24.5 Å². The first kappa shape index (κ1) is 19.6. The molecule has 30 heavy (non-hydrogen) atoms. The zero-order chi connectivity index (χ0) is 21.4. The molecule has 0 saturated carbocycles. The summed E-state index contributed by atoms with van der Waals surface area (Å²) in [4.78, 5) is 39.2. The van der Waals surface area contributed by atoms with E-state index < -0.39 is 23.6 Å². The fourth-order valence-corrected chi connectivity index (χ4v) is 3.39. The van der Waals surface area contributed by atoms with Crippen LogP contribution in [0.4, 0.5) is 21.7 Å². The maximum absolute atomic E-state index is 13.2. The third-order valence-electron chi connectivity index (χ3n) is 5.00. The van der Waals surface area contributed by atoms with Gasteiger partial charge in [-0.2, -0.15) is 0 Å². The number of nitrogens with one attached hydrogen (secondary N) is 1. The third kappa shape index (κ3) is 3.61. The van der Waals surface area contributed by atoms with Crippen molar-refractivity contribution in [2.24, 2.45) is 0 Å². The highest BCUT2D eigenvalue weighted by atomic mass is 19.1. The zero-order valence-electron chi connectivity index (χ0n) is 16.6. The number of carbonyl (C=O) groups is 1. The van der Waals surface area contributed by atoms with Crippen molar-refractivity contribution in [3.05, 3.63) is 80.1 Å². The third-order valence-corrected chi connectivity index (χ3v) is 5.00. The Morgan fingerprint density at radius 2 is 1.80 bits per heavy atom. The molecule has 0 fully saturated rings. The van der Waals surface area contributed by atoms with Crippen LogP contribution in [0.2, 0.25) is 0 Å². The Labute approximate surface area is 171 Å². The minimum Gasteiger partial charge on any atom is -0.324 e. The molecule has 0 aliphatic carbocycles. The summed E-state index contributed by atoms with van der Waals surface area (Å²) >= 11 is 0. The van der Waals surface area contributed by atoms with Crippen LogP contribution in [-0.4, -0.2) is 26.8 Å². The second-order valence-electron chi connectivity index (χ2n) is 7.21. The maximum atomic E-state index is 13.2. The van der Waals surface area contributed by atoms with Gasteiger partial charge in [-0.1, -0.05) is 12.1 Å². The molecule has 4 rings (SSSR count). The number of anilines is 3. The summed E-state index contributed by atoms with van der Waals surface area (Å²) in [5, 5.41) is 7.01. The van der Waals surface area contributed by atoms with Gasteiger partial charge in [-0.05, 0) is 55.3 Å². The van der Waals surface area contributed by atoms with Crippen LogP contribution in [0.15, 0.2) is 52.1 Å². The molecule has 1 N–H and O–H groups in total. The molecule has 1 aliphatic rings. The molecule has 1 aromatic heterocycles. The highest BCUT2D eigenvalue weighted by Gasteiger charge is 2.26. The van der Waals surface area contributed by atoms with Gasteiger partial charge in [-0.15, -0.1) is 5.10 Å². The molecule has 1 aliphatic heterocycles. The topological polar surface area (TPSA) is 89.2 Å². The van der Waals surface area contributed by atoms with E-state index in [9.17, 15) is 18.8 Å². The molecule has 0 radical (unpaired) electrons. The normalized spacial score (nSPS) is 12.7. The van der Waals surface area contributed by atoms with Gasteiger partial charge in [0.05, 0.1) is 0 Å². The molecule has 0 unspecified atom stereocenters. The van der Waals surface area contributed by atoms with Crippen LogP contribution in [-0.2, 0) is 17.9 Å². The van der Waals surface area contributed by atoms with Crippen LogP contribution in [0, 0.1) is 19.7 Å². The van der Waals surface area contributed by atoms with E-state index in [0.29, 0.717) is 17.9 Å². The standard InChI is InChI=1S/C21H20FN5O3/c1-13-3-4-14(2)17(11-13)23-18(28)12-27-20(30)19(29)26-10-9-25(21(26)24-27)16-7-5-15(22)6-8-16/h3-8,11H,9-10,12H2,1-2H3,(H,23,28). The number of carbonyl (C=O) groups excluding carboxylic acids is 1.